The Hall–Kier alpha value is -4.58. The fourth-order valence-electron chi connectivity index (χ4n) is 7.84. The number of nitrogens with zero attached hydrogens (tertiary/aromatic N) is 2. The molecule has 7 rings (SSSR count). The van der Waals surface area contributed by atoms with E-state index in [4.69, 9.17) is 23.9 Å². The Kier molecular flexibility index (Phi) is 11.1. The van der Waals surface area contributed by atoms with Crippen molar-refractivity contribution in [2.45, 2.75) is 139 Å². The summed E-state index contributed by atoms with van der Waals surface area (Å²) in [5, 5.41) is 6.82. The van der Waals surface area contributed by atoms with E-state index in [0.29, 0.717) is 43.6 Å². The van der Waals surface area contributed by atoms with Crippen LogP contribution in [0.15, 0.2) is 36.4 Å². The summed E-state index contributed by atoms with van der Waals surface area (Å²) < 4.78 is 78.6. The normalized spacial score (nSPS) is 30.3. The van der Waals surface area contributed by atoms with Crippen molar-refractivity contribution < 1.29 is 55.3 Å². The summed E-state index contributed by atoms with van der Waals surface area (Å²) in [6.07, 6.45) is 0.175. The zero-order valence-corrected chi connectivity index (χ0v) is 34.0. The number of benzene rings is 1. The molecule has 3 N–H and O–H groups in total. The number of carbonyl (C=O) groups is 4. The minimum atomic E-state index is -4.07. The Morgan fingerprint density at radius 1 is 1.14 bits per heavy atom. The molecule has 1 aromatic heterocycles. The van der Waals surface area contributed by atoms with Gasteiger partial charge >= 0.3 is 6.09 Å². The highest BCUT2D eigenvalue weighted by molar-refractivity contribution is 7.91. The maximum atomic E-state index is 14.8. The number of sulfonamides is 1. The van der Waals surface area contributed by atoms with Gasteiger partial charge in [0.2, 0.25) is 33.6 Å². The third-order valence-electron chi connectivity index (χ3n) is 11.9. The van der Waals surface area contributed by atoms with E-state index in [1.807, 2.05) is 30.3 Å². The van der Waals surface area contributed by atoms with E-state index in [2.05, 4.69) is 15.4 Å². The van der Waals surface area contributed by atoms with Gasteiger partial charge in [-0.15, -0.1) is 0 Å². The molecule has 15 nitrogen and oxygen atoms in total. The standard InChI is InChI=1S/C40H51F2N5O10S/c1-22-11-6-7-12-24-20-40(24,36(50)46-58(52,53)39(5)16-17-39)45-31(48)29-19-25(56-33-28-14-9-8-13-26(28)27-15-10-18-54-32(27)44-33)21-47(29)34(49)30(23(2)55-22)43-37(51)57-38(3,4)35(41)42/h7-9,12-14,22-25,29-30,35H,6,10-11,15-21H2,1-5H3,(H,43,51)(H,45,48)(H,46,50)/b12-7-/t22-,23-,24+,25+,29-,30-,40+/m0/s1. The number of fused-ring (bicyclic) bond motifs is 5. The second-order valence-electron chi connectivity index (χ2n) is 16.9. The molecule has 0 unspecified atom stereocenters. The summed E-state index contributed by atoms with van der Waals surface area (Å²) in [7, 11) is -4.07. The van der Waals surface area contributed by atoms with Gasteiger partial charge in [0.15, 0.2) is 5.60 Å². The van der Waals surface area contributed by atoms with Crippen molar-refractivity contribution in [1.29, 1.82) is 0 Å². The molecule has 0 bridgehead atoms. The molecule has 2 aliphatic carbocycles. The van der Waals surface area contributed by atoms with Crippen molar-refractivity contribution in [1.82, 2.24) is 25.2 Å². The number of alkyl halides is 2. The van der Waals surface area contributed by atoms with Gasteiger partial charge in [-0.1, -0.05) is 30.4 Å². The number of amides is 4. The first-order valence-corrected chi connectivity index (χ1v) is 21.3. The fraction of sp³-hybridized carbons (Fsp3) is 0.625. The molecule has 18 heteroatoms. The molecule has 0 radical (unpaired) electrons. The molecule has 2 saturated carbocycles. The number of hydrogen-bond acceptors (Lipinski definition) is 11. The number of aromatic nitrogens is 1. The van der Waals surface area contributed by atoms with E-state index < -0.39 is 92.5 Å². The third kappa shape index (κ3) is 8.18. The molecule has 3 aliphatic heterocycles. The number of carbonyl (C=O) groups excluding carboxylic acids is 4. The SMILES string of the molecule is C[C@@H]1O[C@@H](C)CC/C=C\[C@@H]2C[C@@]2(C(=O)NS(=O)(=O)C2(C)CC2)NC(=O)[C@@H]2C[C@@H](Oc3nc4c(c5ccccc35)CCCO4)CN2C(=O)[C@H]1NC(=O)OC(C)(C)C(F)F. The molecule has 1 aromatic carbocycles. The Bertz CT molecular complexity index is 2110. The number of alkyl carbamates (subject to hydrolysis) is 1. The summed E-state index contributed by atoms with van der Waals surface area (Å²) in [5.74, 6) is -2.35. The van der Waals surface area contributed by atoms with Gasteiger partial charge in [-0.3, -0.25) is 19.1 Å². The molecule has 58 heavy (non-hydrogen) atoms. The smallest absolute Gasteiger partial charge is 0.408 e. The van der Waals surface area contributed by atoms with Gasteiger partial charge in [0.1, 0.15) is 23.7 Å². The maximum Gasteiger partial charge on any atom is 0.408 e. The van der Waals surface area contributed by atoms with Gasteiger partial charge in [-0.05, 0) is 91.0 Å². The monoisotopic (exact) mass is 831 g/mol. The zero-order valence-electron chi connectivity index (χ0n) is 33.2. The number of halogens is 2. The minimum Gasteiger partial charge on any atom is -0.477 e. The molecule has 4 amide bonds. The third-order valence-corrected chi connectivity index (χ3v) is 14.1. The number of ether oxygens (including phenoxy) is 4. The van der Waals surface area contributed by atoms with Gasteiger partial charge < -0.3 is 34.5 Å². The molecule has 2 aromatic rings. The zero-order chi connectivity index (χ0) is 41.8. The van der Waals surface area contributed by atoms with Crippen molar-refractivity contribution in [3.05, 3.63) is 42.0 Å². The molecule has 7 atom stereocenters. The summed E-state index contributed by atoms with van der Waals surface area (Å²) in [6.45, 7) is 7.21. The van der Waals surface area contributed by atoms with E-state index >= 15 is 0 Å². The van der Waals surface area contributed by atoms with Crippen molar-refractivity contribution >= 4 is 44.6 Å². The van der Waals surface area contributed by atoms with E-state index in [-0.39, 0.29) is 25.3 Å². The van der Waals surface area contributed by atoms with Crippen LogP contribution in [-0.2, 0) is 40.3 Å². The van der Waals surface area contributed by atoms with Gasteiger partial charge in [0, 0.05) is 23.3 Å². The van der Waals surface area contributed by atoms with Gasteiger partial charge in [0.05, 0.1) is 30.1 Å². The van der Waals surface area contributed by atoms with E-state index in [9.17, 15) is 36.4 Å². The van der Waals surface area contributed by atoms with E-state index in [1.54, 1.807) is 26.8 Å². The second kappa shape index (κ2) is 15.5. The first kappa shape index (κ1) is 41.6. The van der Waals surface area contributed by atoms with Crippen molar-refractivity contribution in [3.63, 3.8) is 0 Å². The average Bonchev–Trinajstić information content (AvgIpc) is 4.05. The number of pyridine rings is 1. The minimum absolute atomic E-state index is 0.0959. The first-order chi connectivity index (χ1) is 27.3. The van der Waals surface area contributed by atoms with Crippen LogP contribution in [0.2, 0.25) is 0 Å². The lowest BCUT2D eigenvalue weighted by Crippen LogP contribution is -2.60. The molecule has 0 spiro atoms. The number of rotatable bonds is 8. The van der Waals surface area contributed by atoms with Crippen LogP contribution in [0.1, 0.15) is 85.1 Å². The predicted molar refractivity (Wildman–Crippen MR) is 206 cm³/mol. The second-order valence-corrected chi connectivity index (χ2v) is 19.1. The summed E-state index contributed by atoms with van der Waals surface area (Å²) in [6, 6.07) is 4.69. The maximum absolute atomic E-state index is 14.8. The highest BCUT2D eigenvalue weighted by Gasteiger charge is 2.63. The topological polar surface area (TPSA) is 192 Å². The van der Waals surface area contributed by atoms with Crippen LogP contribution in [0.4, 0.5) is 13.6 Å². The van der Waals surface area contributed by atoms with Crippen LogP contribution < -0.4 is 24.8 Å². The highest BCUT2D eigenvalue weighted by atomic mass is 32.2. The summed E-state index contributed by atoms with van der Waals surface area (Å²) in [5.41, 5.74) is -2.89. The van der Waals surface area contributed by atoms with Crippen LogP contribution in [0.5, 0.6) is 11.8 Å². The molecule has 5 aliphatic rings. The van der Waals surface area contributed by atoms with Crippen molar-refractivity contribution in [3.8, 4) is 11.8 Å². The molecule has 1 saturated heterocycles. The predicted octanol–water partition coefficient (Wildman–Crippen LogP) is 4.06. The van der Waals surface area contributed by atoms with E-state index in [0.717, 1.165) is 37.6 Å². The quantitative estimate of drug-likeness (QED) is 0.325. The number of nitrogens with one attached hydrogen (secondary N) is 3. The lowest BCUT2D eigenvalue weighted by molar-refractivity contribution is -0.145. The Morgan fingerprint density at radius 3 is 2.57 bits per heavy atom. The van der Waals surface area contributed by atoms with Crippen LogP contribution in [-0.4, -0.2) is 108 Å². The molecule has 316 valence electrons. The Balaban J connectivity index is 1.24. The van der Waals surface area contributed by atoms with Gasteiger partial charge in [-0.2, -0.15) is 4.98 Å². The van der Waals surface area contributed by atoms with Crippen molar-refractivity contribution in [2.24, 2.45) is 5.92 Å². The summed E-state index contributed by atoms with van der Waals surface area (Å²) >= 11 is 0. The van der Waals surface area contributed by atoms with Gasteiger partial charge in [0.25, 0.3) is 12.3 Å². The lowest BCUT2D eigenvalue weighted by atomic mass is 10.0. The first-order valence-electron chi connectivity index (χ1n) is 19.8. The van der Waals surface area contributed by atoms with Gasteiger partial charge in [-0.25, -0.2) is 22.0 Å². The molecule has 3 fully saturated rings. The van der Waals surface area contributed by atoms with Crippen LogP contribution in [0, 0.1) is 5.92 Å². The fourth-order valence-corrected chi connectivity index (χ4v) is 9.15. The van der Waals surface area contributed by atoms with Crippen LogP contribution in [0.25, 0.3) is 10.8 Å². The van der Waals surface area contributed by atoms with E-state index in [1.165, 1.54) is 4.90 Å². The highest BCUT2D eigenvalue weighted by Crippen LogP contribution is 2.48. The summed E-state index contributed by atoms with van der Waals surface area (Å²) in [4.78, 5) is 62.3. The number of aryl methyl sites for hydroxylation is 1. The van der Waals surface area contributed by atoms with Crippen molar-refractivity contribution in [2.75, 3.05) is 13.2 Å². The number of allylic oxidation sites excluding steroid dienone is 1. The molecule has 4 heterocycles. The van der Waals surface area contributed by atoms with Crippen LogP contribution in [0.3, 0.4) is 0 Å². The average molecular weight is 832 g/mol. The molecular formula is C40H51F2N5O10S. The molecular weight excluding hydrogens is 781 g/mol. The Labute approximate surface area is 336 Å². The number of hydrogen-bond donors (Lipinski definition) is 3. The van der Waals surface area contributed by atoms with Crippen LogP contribution >= 0.6 is 0 Å². The Morgan fingerprint density at radius 2 is 1.86 bits per heavy atom. The largest absolute Gasteiger partial charge is 0.477 e. The lowest BCUT2D eigenvalue weighted by Gasteiger charge is -2.33.